The van der Waals surface area contributed by atoms with Crippen LogP contribution < -0.4 is 5.32 Å². The van der Waals surface area contributed by atoms with Crippen LogP contribution in [-0.2, 0) is 17.8 Å². The van der Waals surface area contributed by atoms with Gasteiger partial charge in [0, 0.05) is 24.2 Å². The van der Waals surface area contributed by atoms with E-state index in [9.17, 15) is 9.18 Å². The average molecular weight is 351 g/mol. The van der Waals surface area contributed by atoms with Crippen LogP contribution in [0.25, 0.3) is 5.69 Å². The minimum atomic E-state index is -0.299. The molecule has 0 aliphatic rings. The third kappa shape index (κ3) is 4.36. The number of aryl methyl sites for hydroxylation is 3. The first-order valence-electron chi connectivity index (χ1n) is 8.65. The van der Waals surface area contributed by atoms with E-state index in [4.69, 9.17) is 0 Å². The Labute approximate surface area is 152 Å². The Morgan fingerprint density at radius 2 is 1.85 bits per heavy atom. The summed E-state index contributed by atoms with van der Waals surface area (Å²) in [6.07, 6.45) is 1.01. The number of nitrogens with zero attached hydrogens (tertiary/aromatic N) is 2. The maximum Gasteiger partial charge on any atom is 0.220 e. The third-order valence-electron chi connectivity index (χ3n) is 4.27. The summed E-state index contributed by atoms with van der Waals surface area (Å²) in [6, 6.07) is 16.5. The van der Waals surface area contributed by atoms with Gasteiger partial charge in [-0.1, -0.05) is 30.3 Å². The topological polar surface area (TPSA) is 46.9 Å². The molecule has 2 aromatic carbocycles. The molecular weight excluding hydrogens is 329 g/mol. The summed E-state index contributed by atoms with van der Waals surface area (Å²) >= 11 is 0. The number of halogens is 1. The van der Waals surface area contributed by atoms with E-state index in [2.05, 4.69) is 10.4 Å². The quantitative estimate of drug-likeness (QED) is 0.733. The Bertz CT molecular complexity index is 900. The van der Waals surface area contributed by atoms with Crippen LogP contribution in [0.5, 0.6) is 0 Å². The molecule has 0 unspecified atom stereocenters. The smallest absolute Gasteiger partial charge is 0.220 e. The van der Waals surface area contributed by atoms with Crippen LogP contribution in [0.1, 0.15) is 28.9 Å². The molecule has 0 aliphatic carbocycles. The first-order valence-corrected chi connectivity index (χ1v) is 8.65. The predicted octanol–water partition coefficient (Wildman–Crippen LogP) is 3.88. The molecule has 134 valence electrons. The van der Waals surface area contributed by atoms with Gasteiger partial charge in [0.2, 0.25) is 5.91 Å². The molecule has 5 heteroatoms. The second-order valence-corrected chi connectivity index (χ2v) is 6.37. The molecule has 0 saturated heterocycles. The molecule has 26 heavy (non-hydrogen) atoms. The maximum absolute atomic E-state index is 13.5. The van der Waals surface area contributed by atoms with Crippen LogP contribution in [0.2, 0.25) is 0 Å². The summed E-state index contributed by atoms with van der Waals surface area (Å²) in [7, 11) is 0. The number of benzene rings is 2. The molecule has 1 amide bonds. The lowest BCUT2D eigenvalue weighted by Crippen LogP contribution is -2.23. The lowest BCUT2D eigenvalue weighted by molar-refractivity contribution is -0.121. The standard InChI is InChI=1S/C21H22FN3O/c1-15-13-16(2)25(24-15)19-10-7-17(8-11-19)9-12-21(26)23-14-18-5-3-4-6-20(18)22/h3-8,10-11,13H,9,12,14H2,1-2H3,(H,23,26). The van der Waals surface area contributed by atoms with E-state index >= 15 is 0 Å². The molecule has 0 atom stereocenters. The van der Waals surface area contributed by atoms with Crippen LogP contribution in [0.15, 0.2) is 54.6 Å². The van der Waals surface area contributed by atoms with Gasteiger partial charge in [-0.2, -0.15) is 5.10 Å². The zero-order valence-corrected chi connectivity index (χ0v) is 15.0. The van der Waals surface area contributed by atoms with Gasteiger partial charge in [-0.3, -0.25) is 4.79 Å². The second kappa shape index (κ2) is 7.95. The molecule has 1 aromatic heterocycles. The molecule has 0 aliphatic heterocycles. The Morgan fingerprint density at radius 1 is 1.12 bits per heavy atom. The number of carbonyl (C=O) groups is 1. The Balaban J connectivity index is 1.52. The summed E-state index contributed by atoms with van der Waals surface area (Å²) in [6.45, 7) is 4.20. The van der Waals surface area contributed by atoms with Crippen LogP contribution in [0.3, 0.4) is 0 Å². The van der Waals surface area contributed by atoms with Crippen molar-refractivity contribution in [3.63, 3.8) is 0 Å². The highest BCUT2D eigenvalue weighted by Crippen LogP contribution is 2.14. The summed E-state index contributed by atoms with van der Waals surface area (Å²) in [5, 5.41) is 7.23. The highest BCUT2D eigenvalue weighted by molar-refractivity contribution is 5.76. The average Bonchev–Trinajstić information content (AvgIpc) is 2.98. The summed E-state index contributed by atoms with van der Waals surface area (Å²) in [4.78, 5) is 12.0. The van der Waals surface area contributed by atoms with Crippen molar-refractivity contribution in [2.45, 2.75) is 33.2 Å². The molecule has 0 bridgehead atoms. The minimum Gasteiger partial charge on any atom is -0.352 e. The SMILES string of the molecule is Cc1cc(C)n(-c2ccc(CCC(=O)NCc3ccccc3F)cc2)n1. The molecule has 4 nitrogen and oxygen atoms in total. The van der Waals surface area contributed by atoms with Gasteiger partial charge < -0.3 is 5.32 Å². The molecule has 0 saturated carbocycles. The number of amides is 1. The molecule has 0 spiro atoms. The number of hydrogen-bond acceptors (Lipinski definition) is 2. The van der Waals surface area contributed by atoms with E-state index in [0.29, 0.717) is 18.4 Å². The van der Waals surface area contributed by atoms with Crippen molar-refractivity contribution in [3.8, 4) is 5.69 Å². The molecule has 3 aromatic rings. The number of hydrogen-bond donors (Lipinski definition) is 1. The van der Waals surface area contributed by atoms with Gasteiger partial charge in [0.05, 0.1) is 11.4 Å². The largest absolute Gasteiger partial charge is 0.352 e. The summed E-state index contributed by atoms with van der Waals surface area (Å²) < 4.78 is 15.4. The maximum atomic E-state index is 13.5. The van der Waals surface area contributed by atoms with Crippen molar-refractivity contribution in [2.24, 2.45) is 0 Å². The van der Waals surface area contributed by atoms with Gasteiger partial charge in [-0.25, -0.2) is 9.07 Å². The monoisotopic (exact) mass is 351 g/mol. The number of nitrogens with one attached hydrogen (secondary N) is 1. The van der Waals surface area contributed by atoms with Crippen molar-refractivity contribution in [2.75, 3.05) is 0 Å². The van der Waals surface area contributed by atoms with Crippen LogP contribution in [0, 0.1) is 19.7 Å². The zero-order chi connectivity index (χ0) is 18.5. The molecular formula is C21H22FN3O. The Morgan fingerprint density at radius 3 is 2.50 bits per heavy atom. The molecule has 3 rings (SSSR count). The van der Waals surface area contributed by atoms with Gasteiger partial charge in [-0.15, -0.1) is 0 Å². The van der Waals surface area contributed by atoms with Crippen molar-refractivity contribution < 1.29 is 9.18 Å². The Hall–Kier alpha value is -2.95. The first-order chi connectivity index (χ1) is 12.5. The van der Waals surface area contributed by atoms with Gasteiger partial charge in [0.15, 0.2) is 0 Å². The van der Waals surface area contributed by atoms with Crippen molar-refractivity contribution in [1.82, 2.24) is 15.1 Å². The summed E-state index contributed by atoms with van der Waals surface area (Å²) in [5.74, 6) is -0.386. The first kappa shape index (κ1) is 17.9. The van der Waals surface area contributed by atoms with Gasteiger partial charge in [0.25, 0.3) is 0 Å². The van der Waals surface area contributed by atoms with Crippen molar-refractivity contribution in [3.05, 3.63) is 82.9 Å². The van der Waals surface area contributed by atoms with Gasteiger partial charge in [-0.05, 0) is 50.1 Å². The van der Waals surface area contributed by atoms with E-state index in [1.807, 2.05) is 48.9 Å². The molecule has 0 radical (unpaired) electrons. The summed E-state index contributed by atoms with van der Waals surface area (Å²) in [5.41, 5.74) is 4.65. The minimum absolute atomic E-state index is 0.0872. The van der Waals surface area contributed by atoms with Crippen molar-refractivity contribution in [1.29, 1.82) is 0 Å². The second-order valence-electron chi connectivity index (χ2n) is 6.37. The van der Waals surface area contributed by atoms with Gasteiger partial charge >= 0.3 is 0 Å². The number of carbonyl (C=O) groups excluding carboxylic acids is 1. The zero-order valence-electron chi connectivity index (χ0n) is 15.0. The predicted molar refractivity (Wildman–Crippen MR) is 99.6 cm³/mol. The Kier molecular flexibility index (Phi) is 5.46. The van der Waals surface area contributed by atoms with Crippen LogP contribution in [-0.4, -0.2) is 15.7 Å². The van der Waals surface area contributed by atoms with E-state index in [-0.39, 0.29) is 18.3 Å². The fourth-order valence-corrected chi connectivity index (χ4v) is 2.88. The molecule has 1 heterocycles. The number of aromatic nitrogens is 2. The fraction of sp³-hybridized carbons (Fsp3) is 0.238. The van der Waals surface area contributed by atoms with E-state index in [0.717, 1.165) is 22.6 Å². The number of rotatable bonds is 6. The third-order valence-corrected chi connectivity index (χ3v) is 4.27. The lowest BCUT2D eigenvalue weighted by atomic mass is 10.1. The van der Waals surface area contributed by atoms with Crippen LogP contribution >= 0.6 is 0 Å². The van der Waals surface area contributed by atoms with Crippen LogP contribution in [0.4, 0.5) is 4.39 Å². The fourth-order valence-electron chi connectivity index (χ4n) is 2.88. The van der Waals surface area contributed by atoms with Gasteiger partial charge in [0.1, 0.15) is 5.82 Å². The lowest BCUT2D eigenvalue weighted by Gasteiger charge is -2.08. The highest BCUT2D eigenvalue weighted by atomic mass is 19.1. The normalized spacial score (nSPS) is 10.7. The van der Waals surface area contributed by atoms with E-state index in [1.54, 1.807) is 18.2 Å². The van der Waals surface area contributed by atoms with E-state index < -0.39 is 0 Å². The van der Waals surface area contributed by atoms with Crippen molar-refractivity contribution >= 4 is 5.91 Å². The molecule has 0 fully saturated rings. The molecule has 1 N–H and O–H groups in total. The van der Waals surface area contributed by atoms with E-state index in [1.165, 1.54) is 6.07 Å². The highest BCUT2D eigenvalue weighted by Gasteiger charge is 2.07.